The minimum atomic E-state index is -0.450. The molecule has 0 radical (unpaired) electrons. The largest absolute Gasteiger partial charge is 0.484 e. The lowest BCUT2D eigenvalue weighted by Crippen LogP contribution is -2.29. The number of thiocarbonyl (C=S) groups is 1. The first-order valence-corrected chi connectivity index (χ1v) is 14.3. The van der Waals surface area contributed by atoms with Crippen LogP contribution in [0, 0.1) is 0 Å². The Labute approximate surface area is 259 Å². The van der Waals surface area contributed by atoms with Gasteiger partial charge in [-0.05, 0) is 78.9 Å². The molecule has 1 amide bonds. The van der Waals surface area contributed by atoms with Crippen LogP contribution in [0.5, 0.6) is 5.75 Å². The van der Waals surface area contributed by atoms with Crippen LogP contribution in [0.3, 0.4) is 0 Å². The molecule has 0 spiro atoms. The van der Waals surface area contributed by atoms with Gasteiger partial charge in [-0.2, -0.15) is 0 Å². The van der Waals surface area contributed by atoms with Gasteiger partial charge in [0.1, 0.15) is 23.3 Å². The molecule has 1 aliphatic heterocycles. The van der Waals surface area contributed by atoms with E-state index in [0.717, 1.165) is 11.4 Å². The topological polar surface area (TPSA) is 106 Å². The maximum Gasteiger partial charge on any atom is 0.338 e. The molecule has 3 heterocycles. The number of methoxy groups -OCH3 is 1. The number of ether oxygens (including phenoxy) is 2. The van der Waals surface area contributed by atoms with Crippen molar-refractivity contribution in [1.82, 2.24) is 10.3 Å². The lowest BCUT2D eigenvalue weighted by Gasteiger charge is -2.26. The van der Waals surface area contributed by atoms with E-state index in [0.29, 0.717) is 39.2 Å². The maximum atomic E-state index is 12.5. The van der Waals surface area contributed by atoms with Gasteiger partial charge >= 0.3 is 5.97 Å². The van der Waals surface area contributed by atoms with E-state index in [1.165, 1.54) is 7.11 Å². The molecule has 0 aliphatic carbocycles. The zero-order valence-corrected chi connectivity index (χ0v) is 24.5. The number of rotatable bonds is 9. The van der Waals surface area contributed by atoms with E-state index in [2.05, 4.69) is 15.6 Å². The predicted octanol–water partition coefficient (Wildman–Crippen LogP) is 6.32. The number of aromatic nitrogens is 1. The van der Waals surface area contributed by atoms with Gasteiger partial charge in [0.05, 0.1) is 24.4 Å². The predicted molar refractivity (Wildman–Crippen MR) is 170 cm³/mol. The number of para-hydroxylation sites is 1. The lowest BCUT2D eigenvalue weighted by molar-refractivity contribution is -0.118. The Morgan fingerprint density at radius 2 is 1.68 bits per heavy atom. The van der Waals surface area contributed by atoms with Gasteiger partial charge in [0.2, 0.25) is 0 Å². The van der Waals surface area contributed by atoms with E-state index >= 15 is 0 Å². The van der Waals surface area contributed by atoms with Gasteiger partial charge in [0, 0.05) is 23.1 Å². The summed E-state index contributed by atoms with van der Waals surface area (Å²) in [7, 11) is 1.35. The number of nitrogens with zero attached hydrogens (tertiary/aromatic N) is 2. The Balaban J connectivity index is 1.28. The van der Waals surface area contributed by atoms with Gasteiger partial charge in [0.15, 0.2) is 11.7 Å². The molecule has 0 saturated carbocycles. The van der Waals surface area contributed by atoms with Crippen LogP contribution in [-0.2, 0) is 9.53 Å². The average Bonchev–Trinajstić information content (AvgIpc) is 3.69. The second-order valence-corrected chi connectivity index (χ2v) is 10.3. The van der Waals surface area contributed by atoms with Crippen molar-refractivity contribution in [2.24, 2.45) is 0 Å². The van der Waals surface area contributed by atoms with Crippen molar-refractivity contribution in [1.29, 1.82) is 0 Å². The Morgan fingerprint density at radius 1 is 0.932 bits per heavy atom. The number of carbonyl (C=O) groups excluding carboxylic acids is 2. The molecular formula is C34H28N4O5S. The van der Waals surface area contributed by atoms with Crippen LogP contribution in [0.25, 0.3) is 11.3 Å². The highest BCUT2D eigenvalue weighted by Gasteiger charge is 2.42. The smallest absolute Gasteiger partial charge is 0.338 e. The lowest BCUT2D eigenvalue weighted by atomic mass is 10.0. The molecule has 1 fully saturated rings. The molecule has 1 aliphatic rings. The Hall–Kier alpha value is -5.48. The Morgan fingerprint density at radius 3 is 2.43 bits per heavy atom. The van der Waals surface area contributed by atoms with Crippen LogP contribution in [0.4, 0.5) is 11.4 Å². The summed E-state index contributed by atoms with van der Waals surface area (Å²) >= 11 is 5.83. The molecule has 10 heteroatoms. The first kappa shape index (κ1) is 28.6. The molecule has 1 saturated heterocycles. The molecular weight excluding hydrogens is 576 g/mol. The third kappa shape index (κ3) is 6.02. The number of nitrogens with one attached hydrogen (secondary N) is 2. The summed E-state index contributed by atoms with van der Waals surface area (Å²) in [6.07, 6.45) is 1.74. The fraction of sp³-hybridized carbons (Fsp3) is 0.118. The molecule has 2 aromatic heterocycles. The van der Waals surface area contributed by atoms with Crippen LogP contribution in [0.1, 0.15) is 33.9 Å². The summed E-state index contributed by atoms with van der Waals surface area (Å²) < 4.78 is 17.0. The summed E-state index contributed by atoms with van der Waals surface area (Å²) in [5.41, 5.74) is 3.22. The van der Waals surface area contributed by atoms with Crippen molar-refractivity contribution >= 4 is 40.6 Å². The van der Waals surface area contributed by atoms with Crippen molar-refractivity contribution in [2.45, 2.75) is 12.1 Å². The fourth-order valence-electron chi connectivity index (χ4n) is 5.13. The highest BCUT2D eigenvalue weighted by Crippen LogP contribution is 2.43. The maximum absolute atomic E-state index is 12.5. The third-order valence-electron chi connectivity index (χ3n) is 7.16. The number of pyridine rings is 1. The first-order chi connectivity index (χ1) is 21.5. The molecule has 5 aromatic rings. The quantitative estimate of drug-likeness (QED) is 0.148. The second-order valence-electron chi connectivity index (χ2n) is 9.93. The number of benzene rings is 3. The Kier molecular flexibility index (Phi) is 8.33. The third-order valence-corrected chi connectivity index (χ3v) is 7.47. The van der Waals surface area contributed by atoms with E-state index in [1.54, 1.807) is 30.5 Å². The summed E-state index contributed by atoms with van der Waals surface area (Å²) in [4.78, 5) is 31.5. The minimum Gasteiger partial charge on any atom is -0.484 e. The van der Waals surface area contributed by atoms with Crippen molar-refractivity contribution in [3.8, 4) is 17.1 Å². The number of hydrogen-bond acceptors (Lipinski definition) is 7. The van der Waals surface area contributed by atoms with Gasteiger partial charge < -0.3 is 29.4 Å². The Bertz CT molecular complexity index is 1780. The van der Waals surface area contributed by atoms with Crippen LogP contribution in [0.2, 0.25) is 0 Å². The minimum absolute atomic E-state index is 0.111. The van der Waals surface area contributed by atoms with Gasteiger partial charge in [-0.1, -0.05) is 42.5 Å². The zero-order chi connectivity index (χ0) is 30.5. The SMILES string of the molecule is COC(=O)c1ccccc1-c1ccc([C@H]2[C@@H](c3ccccn3)NC(=S)N2c2ccc(NC(=O)COc3ccccc3)cc2)o1. The molecule has 220 valence electrons. The molecule has 3 aromatic carbocycles. The summed E-state index contributed by atoms with van der Waals surface area (Å²) in [6, 6.07) is 32.4. The molecule has 2 atom stereocenters. The standard InChI is InChI=1S/C34H28N4O5S/c1-41-33(40)26-12-6-5-11-25(26)28-18-19-29(43-28)32-31(27-13-7-8-20-35-27)37-34(44)38(32)23-16-14-22(15-17-23)36-30(39)21-42-24-9-3-2-4-10-24/h2-20,31-32H,21H2,1H3,(H,36,39)(H,37,44)/t31-,32+/m1/s1. The zero-order valence-electron chi connectivity index (χ0n) is 23.7. The highest BCUT2D eigenvalue weighted by molar-refractivity contribution is 7.80. The van der Waals surface area contributed by atoms with Crippen molar-refractivity contribution in [2.75, 3.05) is 23.9 Å². The van der Waals surface area contributed by atoms with Crippen LogP contribution in [-0.4, -0.2) is 35.7 Å². The van der Waals surface area contributed by atoms with E-state index in [1.807, 2.05) is 89.8 Å². The number of anilines is 2. The van der Waals surface area contributed by atoms with E-state index in [9.17, 15) is 9.59 Å². The second kappa shape index (κ2) is 12.8. The summed E-state index contributed by atoms with van der Waals surface area (Å²) in [6.45, 7) is -0.111. The fourth-order valence-corrected chi connectivity index (χ4v) is 5.48. The van der Waals surface area contributed by atoms with Crippen LogP contribution < -0.4 is 20.3 Å². The van der Waals surface area contributed by atoms with Gasteiger partial charge in [-0.25, -0.2) is 4.79 Å². The summed E-state index contributed by atoms with van der Waals surface area (Å²) in [5.74, 6) is 1.04. The van der Waals surface area contributed by atoms with Gasteiger partial charge in [0.25, 0.3) is 5.91 Å². The van der Waals surface area contributed by atoms with Gasteiger partial charge in [-0.15, -0.1) is 0 Å². The number of esters is 1. The molecule has 44 heavy (non-hydrogen) atoms. The van der Waals surface area contributed by atoms with Crippen molar-refractivity contribution in [3.05, 3.63) is 132 Å². The van der Waals surface area contributed by atoms with E-state index in [4.69, 9.17) is 26.1 Å². The number of furan rings is 1. The molecule has 0 bridgehead atoms. The van der Waals surface area contributed by atoms with Crippen LogP contribution in [0.15, 0.2) is 120 Å². The van der Waals surface area contributed by atoms with E-state index < -0.39 is 12.0 Å². The molecule has 9 nitrogen and oxygen atoms in total. The van der Waals surface area contributed by atoms with E-state index in [-0.39, 0.29) is 18.6 Å². The van der Waals surface area contributed by atoms with Crippen molar-refractivity contribution < 1.29 is 23.5 Å². The van der Waals surface area contributed by atoms with Crippen LogP contribution >= 0.6 is 12.2 Å². The normalized spacial score (nSPS) is 15.8. The number of carbonyl (C=O) groups is 2. The monoisotopic (exact) mass is 604 g/mol. The summed E-state index contributed by atoms with van der Waals surface area (Å²) in [5, 5.41) is 6.76. The average molecular weight is 605 g/mol. The molecule has 0 unspecified atom stereocenters. The molecule has 6 rings (SSSR count). The van der Waals surface area contributed by atoms with Crippen molar-refractivity contribution in [3.63, 3.8) is 0 Å². The number of hydrogen-bond donors (Lipinski definition) is 2. The number of amides is 1. The molecule has 2 N–H and O–H groups in total. The van der Waals surface area contributed by atoms with Gasteiger partial charge in [-0.3, -0.25) is 9.78 Å². The first-order valence-electron chi connectivity index (χ1n) is 13.9. The highest BCUT2D eigenvalue weighted by atomic mass is 32.1.